The van der Waals surface area contributed by atoms with Crippen molar-refractivity contribution in [3.8, 4) is 0 Å². The third-order valence-corrected chi connectivity index (χ3v) is 6.11. The Hall–Kier alpha value is -3.19. The zero-order valence-electron chi connectivity index (χ0n) is 21.6. The number of carbonyl (C=O) groups is 5. The quantitative estimate of drug-likeness (QED) is 0.223. The Bertz CT molecular complexity index is 1010. The highest BCUT2D eigenvalue weighted by atomic mass is 16.6. The first-order valence-corrected chi connectivity index (χ1v) is 12.8. The van der Waals surface area contributed by atoms with Crippen LogP contribution in [0, 0.1) is 0 Å². The number of benzene rings is 1. The van der Waals surface area contributed by atoms with Gasteiger partial charge in [0.1, 0.15) is 6.04 Å². The molecule has 1 aromatic rings. The number of nitrogens with zero attached hydrogens (tertiary/aromatic N) is 1. The van der Waals surface area contributed by atoms with Crippen LogP contribution in [0.4, 0.5) is 5.69 Å². The van der Waals surface area contributed by atoms with Crippen molar-refractivity contribution in [3.05, 3.63) is 29.3 Å². The summed E-state index contributed by atoms with van der Waals surface area (Å²) >= 11 is 0. The molecule has 2 aliphatic heterocycles. The fourth-order valence-corrected chi connectivity index (χ4v) is 4.18. The number of hydrogen-bond donors (Lipinski definition) is 2. The van der Waals surface area contributed by atoms with E-state index in [9.17, 15) is 24.0 Å². The second-order valence-corrected chi connectivity index (χ2v) is 8.86. The Morgan fingerprint density at radius 1 is 0.921 bits per heavy atom. The topological polar surface area (TPSA) is 150 Å². The fraction of sp³-hybridized carbons (Fsp3) is 0.577. The number of anilines is 1. The summed E-state index contributed by atoms with van der Waals surface area (Å²) in [7, 11) is 1.62. The number of unbranched alkanes of at least 4 members (excludes halogenated alkanes) is 2. The summed E-state index contributed by atoms with van der Waals surface area (Å²) in [6.07, 6.45) is 2.57. The average Bonchev–Trinajstić information content (AvgIpc) is 3.15. The molecule has 1 atom stereocenters. The molecule has 0 aromatic heterocycles. The van der Waals surface area contributed by atoms with Crippen LogP contribution in [0.15, 0.2) is 18.2 Å². The molecule has 5 amide bonds. The molecule has 38 heavy (non-hydrogen) atoms. The SMILES string of the molecule is COCCOCCOCCOCCCCCC(=O)Nc1cccc2c1C(=O)N(C1CCC(=O)NC1=O)C2=O. The van der Waals surface area contributed by atoms with E-state index in [4.69, 9.17) is 18.9 Å². The predicted molar refractivity (Wildman–Crippen MR) is 135 cm³/mol. The molecule has 2 heterocycles. The number of fused-ring (bicyclic) bond motifs is 1. The van der Waals surface area contributed by atoms with Crippen molar-refractivity contribution < 1.29 is 42.9 Å². The summed E-state index contributed by atoms with van der Waals surface area (Å²) in [5.74, 6) is -2.67. The molecule has 0 spiro atoms. The van der Waals surface area contributed by atoms with Gasteiger partial charge in [0.05, 0.1) is 56.5 Å². The Balaban J connectivity index is 1.34. The van der Waals surface area contributed by atoms with Crippen molar-refractivity contribution in [1.29, 1.82) is 0 Å². The second kappa shape index (κ2) is 15.3. The maximum absolute atomic E-state index is 13.1. The first-order chi connectivity index (χ1) is 18.4. The van der Waals surface area contributed by atoms with Gasteiger partial charge in [0.2, 0.25) is 17.7 Å². The summed E-state index contributed by atoms with van der Waals surface area (Å²) < 4.78 is 21.1. The van der Waals surface area contributed by atoms with E-state index in [1.807, 2.05) is 0 Å². The highest BCUT2D eigenvalue weighted by molar-refractivity contribution is 6.26. The molecule has 0 saturated carbocycles. The van der Waals surface area contributed by atoms with Crippen molar-refractivity contribution in [2.24, 2.45) is 0 Å². The number of rotatable bonds is 17. The molecule has 3 rings (SSSR count). The minimum Gasteiger partial charge on any atom is -0.382 e. The smallest absolute Gasteiger partial charge is 0.264 e. The van der Waals surface area contributed by atoms with Gasteiger partial charge in [0.25, 0.3) is 11.8 Å². The Morgan fingerprint density at radius 3 is 2.29 bits per heavy atom. The number of imide groups is 2. The normalized spacial score (nSPS) is 17.1. The lowest BCUT2D eigenvalue weighted by Gasteiger charge is -2.27. The summed E-state index contributed by atoms with van der Waals surface area (Å²) in [5, 5.41) is 4.89. The van der Waals surface area contributed by atoms with E-state index >= 15 is 0 Å². The molecule has 1 saturated heterocycles. The van der Waals surface area contributed by atoms with Gasteiger partial charge in [0, 0.05) is 26.6 Å². The number of ether oxygens (including phenoxy) is 4. The van der Waals surface area contributed by atoms with Gasteiger partial charge in [-0.05, 0) is 31.4 Å². The fourth-order valence-electron chi connectivity index (χ4n) is 4.18. The number of hydrogen-bond acceptors (Lipinski definition) is 9. The average molecular weight is 534 g/mol. The predicted octanol–water partition coefficient (Wildman–Crippen LogP) is 1.28. The van der Waals surface area contributed by atoms with Crippen LogP contribution in [-0.2, 0) is 33.3 Å². The third-order valence-electron chi connectivity index (χ3n) is 6.11. The third kappa shape index (κ3) is 8.15. The lowest BCUT2D eigenvalue weighted by Crippen LogP contribution is -2.54. The highest BCUT2D eigenvalue weighted by Gasteiger charge is 2.45. The largest absolute Gasteiger partial charge is 0.382 e. The van der Waals surface area contributed by atoms with E-state index in [1.165, 1.54) is 6.07 Å². The van der Waals surface area contributed by atoms with Crippen molar-refractivity contribution >= 4 is 35.2 Å². The number of nitrogens with one attached hydrogen (secondary N) is 2. The second-order valence-electron chi connectivity index (χ2n) is 8.86. The van der Waals surface area contributed by atoms with Crippen LogP contribution < -0.4 is 10.6 Å². The number of piperidine rings is 1. The molecule has 0 bridgehead atoms. The van der Waals surface area contributed by atoms with Gasteiger partial charge in [0.15, 0.2) is 0 Å². The van der Waals surface area contributed by atoms with Crippen LogP contribution in [0.1, 0.15) is 59.2 Å². The zero-order valence-corrected chi connectivity index (χ0v) is 21.6. The van der Waals surface area contributed by atoms with E-state index in [0.717, 1.165) is 17.7 Å². The lowest BCUT2D eigenvalue weighted by atomic mass is 10.0. The van der Waals surface area contributed by atoms with Crippen LogP contribution >= 0.6 is 0 Å². The molecule has 2 N–H and O–H groups in total. The van der Waals surface area contributed by atoms with Crippen LogP contribution in [0.2, 0.25) is 0 Å². The van der Waals surface area contributed by atoms with Gasteiger partial charge in [-0.15, -0.1) is 0 Å². The monoisotopic (exact) mass is 533 g/mol. The first-order valence-electron chi connectivity index (χ1n) is 12.8. The summed E-state index contributed by atoms with van der Waals surface area (Å²) in [6.45, 7) is 3.66. The van der Waals surface area contributed by atoms with Gasteiger partial charge in [-0.2, -0.15) is 0 Å². The molecular formula is C26H35N3O9. The molecular weight excluding hydrogens is 498 g/mol. The number of carbonyl (C=O) groups excluding carboxylic acids is 5. The minimum absolute atomic E-state index is 0.0390. The molecule has 208 valence electrons. The maximum atomic E-state index is 13.1. The maximum Gasteiger partial charge on any atom is 0.264 e. The molecule has 1 fully saturated rings. The van der Waals surface area contributed by atoms with Crippen molar-refractivity contribution in [2.75, 3.05) is 58.7 Å². The van der Waals surface area contributed by atoms with E-state index in [1.54, 1.807) is 19.2 Å². The molecule has 0 radical (unpaired) electrons. The zero-order chi connectivity index (χ0) is 27.3. The Morgan fingerprint density at radius 2 is 1.61 bits per heavy atom. The van der Waals surface area contributed by atoms with Crippen LogP contribution in [-0.4, -0.2) is 93.8 Å². The van der Waals surface area contributed by atoms with Gasteiger partial charge in [-0.25, -0.2) is 0 Å². The summed E-state index contributed by atoms with van der Waals surface area (Å²) in [6, 6.07) is 3.55. The van der Waals surface area contributed by atoms with Crippen molar-refractivity contribution in [2.45, 2.75) is 44.6 Å². The minimum atomic E-state index is -1.06. The van der Waals surface area contributed by atoms with Gasteiger partial charge in [-0.3, -0.25) is 34.2 Å². The van der Waals surface area contributed by atoms with Gasteiger partial charge in [-0.1, -0.05) is 12.5 Å². The molecule has 1 aromatic carbocycles. The molecule has 12 heteroatoms. The lowest BCUT2D eigenvalue weighted by molar-refractivity contribution is -0.136. The van der Waals surface area contributed by atoms with E-state index in [2.05, 4.69) is 10.6 Å². The van der Waals surface area contributed by atoms with Gasteiger partial charge >= 0.3 is 0 Å². The van der Waals surface area contributed by atoms with Crippen LogP contribution in [0.25, 0.3) is 0 Å². The molecule has 12 nitrogen and oxygen atoms in total. The first kappa shape index (κ1) is 29.4. The Labute approximate surface area is 221 Å². The number of amides is 5. The standard InChI is InChI=1S/C26H35N3O9/c1-35-12-13-37-16-17-38-15-14-36-11-4-2-3-8-21(30)27-19-7-5-6-18-23(19)26(34)29(25(18)33)20-9-10-22(31)28-24(20)32/h5-7,20H,2-4,8-17H2,1H3,(H,27,30)(H,28,31,32). The van der Waals surface area contributed by atoms with E-state index < -0.39 is 29.7 Å². The summed E-state index contributed by atoms with van der Waals surface area (Å²) in [5.41, 5.74) is 0.415. The molecule has 2 aliphatic rings. The molecule has 1 unspecified atom stereocenters. The van der Waals surface area contributed by atoms with Crippen molar-refractivity contribution in [1.82, 2.24) is 10.2 Å². The van der Waals surface area contributed by atoms with E-state index in [-0.39, 0.29) is 42.0 Å². The molecule has 0 aliphatic carbocycles. The van der Waals surface area contributed by atoms with Crippen molar-refractivity contribution in [3.63, 3.8) is 0 Å². The van der Waals surface area contributed by atoms with Gasteiger partial charge < -0.3 is 24.3 Å². The highest BCUT2D eigenvalue weighted by Crippen LogP contribution is 2.32. The van der Waals surface area contributed by atoms with Crippen LogP contribution in [0.5, 0.6) is 0 Å². The van der Waals surface area contributed by atoms with E-state index in [0.29, 0.717) is 52.7 Å². The summed E-state index contributed by atoms with van der Waals surface area (Å²) in [4.78, 5) is 63.0. The Kier molecular flexibility index (Phi) is 11.8. The van der Waals surface area contributed by atoms with Crippen LogP contribution in [0.3, 0.4) is 0 Å². The number of methoxy groups -OCH3 is 1.